The van der Waals surface area contributed by atoms with Gasteiger partial charge < -0.3 is 19.9 Å². The van der Waals surface area contributed by atoms with Crippen molar-refractivity contribution < 1.29 is 27.1 Å². The van der Waals surface area contributed by atoms with E-state index in [1.54, 1.807) is 18.3 Å². The molecule has 3 aliphatic rings. The van der Waals surface area contributed by atoms with E-state index in [1.807, 2.05) is 0 Å². The number of carbonyl (C=O) groups excluding carboxylic acids is 1. The molecule has 2 heterocycles. The molecule has 1 atom stereocenters. The number of nitrogens with one attached hydrogen (secondary N) is 2. The first-order valence-electron chi connectivity index (χ1n) is 13.9. The Morgan fingerprint density at radius 2 is 1.80 bits per heavy atom. The van der Waals surface area contributed by atoms with Gasteiger partial charge in [-0.2, -0.15) is 0 Å². The Morgan fingerprint density at radius 3 is 2.50 bits per heavy atom. The second-order valence-corrected chi connectivity index (χ2v) is 13.2. The molecule has 1 saturated heterocycles. The number of aromatic nitrogens is 1. The second kappa shape index (κ2) is 11.1. The Balaban J connectivity index is 1.40. The lowest BCUT2D eigenvalue weighted by molar-refractivity contribution is -0.0146. The van der Waals surface area contributed by atoms with Crippen LogP contribution in [-0.2, 0) is 10.0 Å². The number of sulfonamides is 1. The van der Waals surface area contributed by atoms with Crippen LogP contribution < -0.4 is 20.5 Å². The molecule has 1 aromatic heterocycles. The fourth-order valence-corrected chi connectivity index (χ4v) is 6.73. The van der Waals surface area contributed by atoms with Crippen molar-refractivity contribution in [2.24, 2.45) is 5.41 Å². The molecule has 9 nitrogen and oxygen atoms in total. The van der Waals surface area contributed by atoms with Crippen molar-refractivity contribution in [3.63, 3.8) is 0 Å². The maximum Gasteiger partial charge on any atom is 0.274 e. The van der Waals surface area contributed by atoms with Gasteiger partial charge in [0.2, 0.25) is 15.9 Å². The number of hydrogen-bond donors (Lipinski definition) is 3. The molecule has 1 spiro atoms. The molecule has 40 heavy (non-hydrogen) atoms. The number of aliphatic hydroxyl groups is 1. The van der Waals surface area contributed by atoms with Gasteiger partial charge in [0.25, 0.3) is 11.5 Å². The van der Waals surface area contributed by atoms with E-state index in [0.717, 1.165) is 25.9 Å². The maximum atomic E-state index is 13.9. The van der Waals surface area contributed by atoms with E-state index in [1.165, 1.54) is 35.6 Å². The van der Waals surface area contributed by atoms with Gasteiger partial charge in [-0.25, -0.2) is 17.2 Å². The van der Waals surface area contributed by atoms with Gasteiger partial charge in [-0.3, -0.25) is 14.3 Å². The van der Waals surface area contributed by atoms with E-state index in [-0.39, 0.29) is 36.7 Å². The zero-order valence-electron chi connectivity index (χ0n) is 22.4. The van der Waals surface area contributed by atoms with Crippen molar-refractivity contribution in [1.29, 1.82) is 0 Å². The highest BCUT2D eigenvalue weighted by molar-refractivity contribution is 7.92. The molecule has 3 fully saturated rings. The Bertz CT molecular complexity index is 1410. The molecule has 3 N–H and O–H groups in total. The van der Waals surface area contributed by atoms with Crippen LogP contribution >= 0.6 is 0 Å². The quantitative estimate of drug-likeness (QED) is 0.401. The zero-order chi connectivity index (χ0) is 28.5. The smallest absolute Gasteiger partial charge is 0.274 e. The molecule has 0 radical (unpaired) electrons. The molecular weight excluding hydrogens is 542 g/mol. The lowest BCUT2D eigenvalue weighted by Gasteiger charge is -2.35. The minimum Gasteiger partial charge on any atom is -0.395 e. The molecule has 2 aromatic rings. The molecule has 12 heteroatoms. The van der Waals surface area contributed by atoms with Crippen LogP contribution in [0.2, 0.25) is 0 Å². The molecule has 2 aliphatic carbocycles. The van der Waals surface area contributed by atoms with Crippen LogP contribution in [0.25, 0.3) is 0 Å². The summed E-state index contributed by atoms with van der Waals surface area (Å²) in [5, 5.41) is 11.8. The van der Waals surface area contributed by atoms with Gasteiger partial charge in [0.05, 0.1) is 29.3 Å². The van der Waals surface area contributed by atoms with E-state index < -0.39 is 39.8 Å². The van der Waals surface area contributed by atoms with E-state index >= 15 is 0 Å². The van der Waals surface area contributed by atoms with Crippen molar-refractivity contribution >= 4 is 33.0 Å². The normalized spacial score (nSPS) is 22.0. The van der Waals surface area contributed by atoms with Crippen LogP contribution in [0.5, 0.6) is 0 Å². The number of benzene rings is 1. The highest BCUT2D eigenvalue weighted by Gasteiger charge is 2.44. The Labute approximate surface area is 232 Å². The number of pyridine rings is 1. The number of anilines is 3. The molecule has 2 saturated carbocycles. The molecule has 0 bridgehead atoms. The monoisotopic (exact) mass is 578 g/mol. The third kappa shape index (κ3) is 6.49. The standard InChI is InChI=1S/C28H36F2N4O5S/c29-28(30)8-1-3-21(7-9-28)34-14-2-4-23(26(34)37)31-25(36)22-6-5-20(32-40(38,39)18-17-35)19-24(22)33-15-12-27(10-11-27)13-16-33/h2,4-6,14,19,21,32,35H,1,3,7-13,15-18H2,(H,31,36). The van der Waals surface area contributed by atoms with E-state index in [0.29, 0.717) is 29.5 Å². The Kier molecular flexibility index (Phi) is 7.93. The van der Waals surface area contributed by atoms with Gasteiger partial charge >= 0.3 is 0 Å². The minimum atomic E-state index is -3.76. The average molecular weight is 579 g/mol. The van der Waals surface area contributed by atoms with Gasteiger partial charge in [0.15, 0.2) is 0 Å². The fraction of sp³-hybridized carbons (Fsp3) is 0.571. The SMILES string of the molecule is O=C(Nc1cccn(C2CCCC(F)(F)CC2)c1=O)c1ccc(NS(=O)(=O)CCO)cc1N1CCC2(CC1)CC2. The predicted octanol–water partition coefficient (Wildman–Crippen LogP) is 4.36. The summed E-state index contributed by atoms with van der Waals surface area (Å²) in [6, 6.07) is 7.37. The summed E-state index contributed by atoms with van der Waals surface area (Å²) in [5.74, 6) is -3.70. The van der Waals surface area contributed by atoms with Crippen molar-refractivity contribution in [1.82, 2.24) is 4.57 Å². The first kappa shape index (κ1) is 28.5. The number of piperidine rings is 1. The first-order valence-corrected chi connectivity index (χ1v) is 15.6. The van der Waals surface area contributed by atoms with Gasteiger partial charge in [0.1, 0.15) is 5.69 Å². The van der Waals surface area contributed by atoms with Crippen molar-refractivity contribution in [3.8, 4) is 0 Å². The minimum absolute atomic E-state index is 0.0535. The molecule has 1 unspecified atom stereocenters. The topological polar surface area (TPSA) is 121 Å². The largest absolute Gasteiger partial charge is 0.395 e. The summed E-state index contributed by atoms with van der Waals surface area (Å²) >= 11 is 0. The summed E-state index contributed by atoms with van der Waals surface area (Å²) in [6.07, 6.45) is 6.43. The number of rotatable bonds is 8. The highest BCUT2D eigenvalue weighted by atomic mass is 32.2. The third-order valence-electron chi connectivity index (χ3n) is 8.54. The predicted molar refractivity (Wildman–Crippen MR) is 150 cm³/mol. The van der Waals surface area contributed by atoms with Crippen LogP contribution in [0.4, 0.5) is 25.8 Å². The fourth-order valence-electron chi connectivity index (χ4n) is 5.90. The number of nitrogens with zero attached hydrogens (tertiary/aromatic N) is 2. The van der Waals surface area contributed by atoms with E-state index in [9.17, 15) is 26.8 Å². The van der Waals surface area contributed by atoms with Crippen LogP contribution in [0, 0.1) is 5.41 Å². The summed E-state index contributed by atoms with van der Waals surface area (Å²) < 4.78 is 56.2. The van der Waals surface area contributed by atoms with Crippen LogP contribution in [0.15, 0.2) is 41.3 Å². The molecule has 1 aliphatic heterocycles. The average Bonchev–Trinajstić information content (AvgIpc) is 3.68. The summed E-state index contributed by atoms with van der Waals surface area (Å²) in [7, 11) is -3.76. The number of amides is 1. The number of hydrogen-bond acceptors (Lipinski definition) is 6. The number of halogens is 2. The first-order chi connectivity index (χ1) is 19.0. The van der Waals surface area contributed by atoms with Crippen molar-refractivity contribution in [2.75, 3.05) is 40.4 Å². The van der Waals surface area contributed by atoms with Crippen LogP contribution in [0.1, 0.15) is 74.2 Å². The van der Waals surface area contributed by atoms with Crippen molar-refractivity contribution in [3.05, 3.63) is 52.4 Å². The maximum absolute atomic E-state index is 13.9. The number of carbonyl (C=O) groups is 1. The number of aliphatic hydroxyl groups excluding tert-OH is 1. The van der Waals surface area contributed by atoms with Gasteiger partial charge in [-0.05, 0) is 80.7 Å². The molecular formula is C28H36F2N4O5S. The van der Waals surface area contributed by atoms with Crippen LogP contribution in [0.3, 0.4) is 0 Å². The molecule has 218 valence electrons. The van der Waals surface area contributed by atoms with E-state index in [4.69, 9.17) is 5.11 Å². The summed E-state index contributed by atoms with van der Waals surface area (Å²) in [5.41, 5.74) is 1.11. The third-order valence-corrected chi connectivity index (χ3v) is 9.80. The number of alkyl halides is 2. The molecule has 1 amide bonds. The lowest BCUT2D eigenvalue weighted by Crippen LogP contribution is -2.36. The zero-order valence-corrected chi connectivity index (χ0v) is 23.2. The van der Waals surface area contributed by atoms with Crippen LogP contribution in [-0.4, -0.2) is 55.4 Å². The second-order valence-electron chi connectivity index (χ2n) is 11.4. The van der Waals surface area contributed by atoms with Crippen molar-refractivity contribution in [2.45, 2.75) is 69.8 Å². The van der Waals surface area contributed by atoms with Gasteiger partial charge in [0, 0.05) is 38.2 Å². The summed E-state index contributed by atoms with van der Waals surface area (Å²) in [6.45, 7) is 0.921. The summed E-state index contributed by atoms with van der Waals surface area (Å²) in [4.78, 5) is 28.9. The highest BCUT2D eigenvalue weighted by Crippen LogP contribution is 2.54. The lowest BCUT2D eigenvalue weighted by atomic mass is 9.93. The Morgan fingerprint density at radius 1 is 1.05 bits per heavy atom. The Hall–Kier alpha value is -2.99. The molecule has 5 rings (SSSR count). The molecule has 1 aromatic carbocycles. The van der Waals surface area contributed by atoms with E-state index in [2.05, 4.69) is 14.9 Å². The van der Waals surface area contributed by atoms with Gasteiger partial charge in [-0.15, -0.1) is 0 Å². The van der Waals surface area contributed by atoms with Gasteiger partial charge in [-0.1, -0.05) is 0 Å².